The van der Waals surface area contributed by atoms with Gasteiger partial charge in [0.15, 0.2) is 0 Å². The number of nitrogens with zero attached hydrogens (tertiary/aromatic N) is 1. The van der Waals surface area contributed by atoms with Gasteiger partial charge in [0.25, 0.3) is 5.69 Å². The molecule has 0 spiro atoms. The van der Waals surface area contributed by atoms with Crippen LogP contribution < -0.4 is 0 Å². The highest BCUT2D eigenvalue weighted by molar-refractivity contribution is 7.98. The normalized spacial score (nSPS) is 10.1. The highest BCUT2D eigenvalue weighted by Crippen LogP contribution is 2.26. The predicted molar refractivity (Wildman–Crippen MR) is 44.8 cm³/mol. The van der Waals surface area contributed by atoms with E-state index in [4.69, 9.17) is 0 Å². The molecule has 3 nitrogen and oxygen atoms in total. The first kappa shape index (κ1) is 9.91. The molecule has 0 fully saturated rings. The van der Waals surface area contributed by atoms with Gasteiger partial charge in [0, 0.05) is 0 Å². The molecular weight excluding hydrogens is 200 g/mol. The number of thioether (sulfide) groups is 1. The van der Waals surface area contributed by atoms with Crippen LogP contribution in [-0.2, 0) is 0 Å². The van der Waals surface area contributed by atoms with Gasteiger partial charge in [-0.25, -0.2) is 8.78 Å². The minimum absolute atomic E-state index is 0.203. The largest absolute Gasteiger partial charge is 0.275 e. The maximum absolute atomic E-state index is 12.9. The van der Waals surface area contributed by atoms with Crippen molar-refractivity contribution in [1.29, 1.82) is 0 Å². The Kier molecular flexibility index (Phi) is 2.82. The summed E-state index contributed by atoms with van der Waals surface area (Å²) in [5, 5.41) is 10.2. The molecule has 0 aromatic heterocycles. The van der Waals surface area contributed by atoms with Crippen molar-refractivity contribution in [1.82, 2.24) is 0 Å². The summed E-state index contributed by atoms with van der Waals surface area (Å²) in [5.74, 6) is -1.81. The number of nitro benzene ring substituents is 1. The number of hydrogen-bond acceptors (Lipinski definition) is 3. The molecule has 0 heterocycles. The Balaban J connectivity index is 3.28. The molecule has 6 heteroatoms. The number of halogens is 2. The van der Waals surface area contributed by atoms with Gasteiger partial charge in [-0.05, 0) is 6.26 Å². The van der Waals surface area contributed by atoms with Crippen molar-refractivity contribution in [2.75, 3.05) is 6.26 Å². The van der Waals surface area contributed by atoms with Crippen LogP contribution in [0.1, 0.15) is 0 Å². The third kappa shape index (κ3) is 1.95. The first-order valence-corrected chi connectivity index (χ1v) is 4.46. The molecule has 0 atom stereocenters. The smallest absolute Gasteiger partial charge is 0.258 e. The van der Waals surface area contributed by atoms with Gasteiger partial charge in [0.1, 0.15) is 11.6 Å². The maximum atomic E-state index is 12.9. The summed E-state index contributed by atoms with van der Waals surface area (Å²) in [6.45, 7) is 0. The fourth-order valence-electron chi connectivity index (χ4n) is 0.847. The van der Waals surface area contributed by atoms with Crippen LogP contribution >= 0.6 is 11.8 Å². The second-order valence-corrected chi connectivity index (χ2v) is 3.02. The van der Waals surface area contributed by atoms with Gasteiger partial charge >= 0.3 is 0 Å². The van der Waals surface area contributed by atoms with E-state index >= 15 is 0 Å². The molecule has 0 unspecified atom stereocenters. The molecule has 0 radical (unpaired) electrons. The van der Waals surface area contributed by atoms with E-state index in [9.17, 15) is 18.9 Å². The summed E-state index contributed by atoms with van der Waals surface area (Å²) < 4.78 is 25.8. The topological polar surface area (TPSA) is 43.1 Å². The molecule has 1 rings (SSSR count). The zero-order valence-electron chi connectivity index (χ0n) is 6.58. The summed E-state index contributed by atoms with van der Waals surface area (Å²) in [5.41, 5.74) is -0.576. The molecule has 0 saturated carbocycles. The highest BCUT2D eigenvalue weighted by Gasteiger charge is 2.15. The second-order valence-electron chi connectivity index (χ2n) is 2.20. The van der Waals surface area contributed by atoms with E-state index < -0.39 is 22.2 Å². The predicted octanol–water partition coefficient (Wildman–Crippen LogP) is 2.59. The quantitative estimate of drug-likeness (QED) is 0.423. The molecule has 1 aromatic carbocycles. The second kappa shape index (κ2) is 3.69. The number of hydrogen-bond donors (Lipinski definition) is 0. The average molecular weight is 205 g/mol. The molecule has 70 valence electrons. The Morgan fingerprint density at radius 3 is 2.15 bits per heavy atom. The van der Waals surface area contributed by atoms with E-state index in [0.29, 0.717) is 12.1 Å². The Morgan fingerprint density at radius 1 is 1.38 bits per heavy atom. The van der Waals surface area contributed by atoms with Crippen LogP contribution in [0, 0.1) is 21.7 Å². The maximum Gasteiger partial charge on any atom is 0.275 e. The molecule has 13 heavy (non-hydrogen) atoms. The summed E-state index contributed by atoms with van der Waals surface area (Å²) in [6.07, 6.45) is 1.49. The number of nitro groups is 1. The lowest BCUT2D eigenvalue weighted by atomic mass is 10.3. The average Bonchev–Trinajstić information content (AvgIpc) is 2.03. The highest BCUT2D eigenvalue weighted by atomic mass is 32.2. The Bertz CT molecular complexity index is 333. The monoisotopic (exact) mass is 205 g/mol. The summed E-state index contributed by atoms with van der Waals surface area (Å²) in [4.78, 5) is 9.13. The fourth-order valence-corrected chi connectivity index (χ4v) is 1.35. The number of benzene rings is 1. The summed E-state index contributed by atoms with van der Waals surface area (Å²) >= 11 is 0.870. The van der Waals surface area contributed by atoms with Gasteiger partial charge in [-0.2, -0.15) is 0 Å². The van der Waals surface area contributed by atoms with E-state index in [1.54, 1.807) is 0 Å². The van der Waals surface area contributed by atoms with Gasteiger partial charge in [-0.15, -0.1) is 11.8 Å². The van der Waals surface area contributed by atoms with Crippen molar-refractivity contribution in [2.24, 2.45) is 0 Å². The molecule has 0 aliphatic carbocycles. The van der Waals surface area contributed by atoms with E-state index in [1.807, 2.05) is 0 Å². The van der Waals surface area contributed by atoms with Gasteiger partial charge in [-0.1, -0.05) is 0 Å². The van der Waals surface area contributed by atoms with Crippen LogP contribution in [0.4, 0.5) is 14.5 Å². The van der Waals surface area contributed by atoms with Gasteiger partial charge < -0.3 is 0 Å². The Hall–Kier alpha value is -1.17. The lowest BCUT2D eigenvalue weighted by molar-refractivity contribution is -0.385. The number of rotatable bonds is 2. The lowest BCUT2D eigenvalue weighted by Gasteiger charge is -2.00. The minimum atomic E-state index is -0.904. The Morgan fingerprint density at radius 2 is 1.85 bits per heavy atom. The van der Waals surface area contributed by atoms with Crippen LogP contribution in [0.25, 0.3) is 0 Å². The fraction of sp³-hybridized carbons (Fsp3) is 0.143. The van der Waals surface area contributed by atoms with Crippen molar-refractivity contribution in [3.8, 4) is 0 Å². The van der Waals surface area contributed by atoms with Crippen LogP contribution in [0.2, 0.25) is 0 Å². The zero-order chi connectivity index (χ0) is 10.0. The first-order valence-electron chi connectivity index (χ1n) is 3.23. The SMILES string of the molecule is CSc1c(F)cc([N+](=O)[O-])cc1F. The Labute approximate surface area is 76.9 Å². The first-order chi connectivity index (χ1) is 6.06. The molecular formula is C7H5F2NO2S. The summed E-state index contributed by atoms with van der Waals surface area (Å²) in [7, 11) is 0. The molecule has 1 aromatic rings. The zero-order valence-corrected chi connectivity index (χ0v) is 7.40. The minimum Gasteiger partial charge on any atom is -0.258 e. The van der Waals surface area contributed by atoms with Crippen molar-refractivity contribution in [3.63, 3.8) is 0 Å². The van der Waals surface area contributed by atoms with Crippen molar-refractivity contribution in [3.05, 3.63) is 33.9 Å². The lowest BCUT2D eigenvalue weighted by Crippen LogP contribution is -1.93. The van der Waals surface area contributed by atoms with Crippen LogP contribution in [0.5, 0.6) is 0 Å². The van der Waals surface area contributed by atoms with E-state index in [1.165, 1.54) is 6.26 Å². The third-order valence-electron chi connectivity index (χ3n) is 1.40. The van der Waals surface area contributed by atoms with Crippen molar-refractivity contribution in [2.45, 2.75) is 4.90 Å². The van der Waals surface area contributed by atoms with Gasteiger partial charge in [-0.3, -0.25) is 10.1 Å². The standard InChI is InChI=1S/C7H5F2NO2S/c1-13-7-5(8)2-4(10(11)12)3-6(7)9/h2-3H,1H3. The van der Waals surface area contributed by atoms with Crippen LogP contribution in [0.3, 0.4) is 0 Å². The van der Waals surface area contributed by atoms with E-state index in [2.05, 4.69) is 0 Å². The number of non-ortho nitro benzene ring substituents is 1. The molecule has 0 amide bonds. The molecule has 0 aliphatic rings. The van der Waals surface area contributed by atoms with Gasteiger partial charge in [0.05, 0.1) is 22.0 Å². The summed E-state index contributed by atoms with van der Waals surface area (Å²) in [6, 6.07) is 1.41. The molecule has 0 bridgehead atoms. The van der Waals surface area contributed by atoms with Crippen molar-refractivity contribution < 1.29 is 13.7 Å². The van der Waals surface area contributed by atoms with Crippen LogP contribution in [-0.4, -0.2) is 11.2 Å². The van der Waals surface area contributed by atoms with Crippen molar-refractivity contribution >= 4 is 17.4 Å². The third-order valence-corrected chi connectivity index (χ3v) is 2.20. The van der Waals surface area contributed by atoms with E-state index in [0.717, 1.165) is 11.8 Å². The molecule has 0 aliphatic heterocycles. The molecule has 0 N–H and O–H groups in total. The van der Waals surface area contributed by atoms with E-state index in [-0.39, 0.29) is 4.90 Å². The molecule has 0 saturated heterocycles. The van der Waals surface area contributed by atoms with Crippen LogP contribution in [0.15, 0.2) is 17.0 Å². The van der Waals surface area contributed by atoms with Gasteiger partial charge in [0.2, 0.25) is 0 Å².